The summed E-state index contributed by atoms with van der Waals surface area (Å²) < 4.78 is 2.54. The maximum absolute atomic E-state index is 13.5. The lowest BCUT2D eigenvalue weighted by Gasteiger charge is -2.49. The van der Waals surface area contributed by atoms with E-state index in [1.165, 1.54) is 0 Å². The van der Waals surface area contributed by atoms with Crippen molar-refractivity contribution in [3.63, 3.8) is 0 Å². The molecule has 2 aromatic rings. The first-order valence-corrected chi connectivity index (χ1v) is 20.7. The molecule has 0 aliphatic carbocycles. The quantitative estimate of drug-likeness (QED) is 0.0367. The van der Waals surface area contributed by atoms with Crippen molar-refractivity contribution < 1.29 is 54.3 Å². The number of nitrogens with zero attached hydrogens (tertiary/aromatic N) is 7. The van der Waals surface area contributed by atoms with Gasteiger partial charge < -0.3 is 15.7 Å². The summed E-state index contributed by atoms with van der Waals surface area (Å²) in [5.74, 6) is -5.59. The first-order valence-electron chi connectivity index (χ1n) is 20.3. The van der Waals surface area contributed by atoms with E-state index in [4.69, 9.17) is 11.6 Å². The molecule has 3 heterocycles. The molecule has 63 heavy (non-hydrogen) atoms. The molecule has 1 fully saturated rings. The minimum atomic E-state index is -1.38. The number of nitrogens with one attached hydrogen (secondary N) is 2. The molecule has 344 valence electrons. The van der Waals surface area contributed by atoms with Crippen LogP contribution in [0.1, 0.15) is 89.7 Å². The monoisotopic (exact) mass is 905 g/mol. The molecule has 2 aliphatic rings. The van der Waals surface area contributed by atoms with Crippen LogP contribution < -0.4 is 27.7 Å². The molecule has 0 spiro atoms. The normalized spacial score (nSPS) is 16.1. The molecule has 23 nitrogen and oxygen atoms in total. The number of benzene rings is 1. The summed E-state index contributed by atoms with van der Waals surface area (Å²) >= 11 is 6.06. The fourth-order valence-electron chi connectivity index (χ4n) is 7.07. The standard InChI is InChI=1S/C39H52ClN9O14/c1-24(50)46(61)21-9-6-18-43-37(58)44(19-7-10-22-47(62)25(2)51)39(60)45(38(43)59)20-8-11-23-48(63)30(53)17-16-29(52)41-31(26-12-4-3-5-13-26)34(54)42-32-28-15-14-27(40)33(36(56)57)49(28)35(32)55/h3-5,12-13,28,31-32,61-63H,6-11,14-23H2,1-2H3,(H,41,52)(H,42,54)(H,56,57)/t28-,31-,32+/m1/s1. The molecule has 1 aromatic heterocycles. The summed E-state index contributed by atoms with van der Waals surface area (Å²) in [6, 6.07) is 5.03. The van der Waals surface area contributed by atoms with Crippen molar-refractivity contribution in [2.45, 2.75) is 116 Å². The summed E-state index contributed by atoms with van der Waals surface area (Å²) in [4.78, 5) is 128. The zero-order valence-corrected chi connectivity index (χ0v) is 35.6. The topological polar surface area (TPSA) is 303 Å². The van der Waals surface area contributed by atoms with Crippen LogP contribution >= 0.6 is 11.6 Å². The van der Waals surface area contributed by atoms with Crippen LogP contribution in [-0.2, 0) is 53.2 Å². The Labute approximate surface area is 364 Å². The third-order valence-corrected chi connectivity index (χ3v) is 10.9. The average molecular weight is 906 g/mol. The number of hydroxylamine groups is 6. The molecule has 24 heteroatoms. The number of aromatic nitrogens is 3. The average Bonchev–Trinajstić information content (AvgIpc) is 3.25. The molecule has 0 saturated carbocycles. The number of hydrogen-bond donors (Lipinski definition) is 6. The second-order valence-corrected chi connectivity index (χ2v) is 15.5. The Hall–Kier alpha value is -6.17. The van der Waals surface area contributed by atoms with Crippen molar-refractivity contribution in [3.8, 4) is 0 Å². The number of carboxylic acids is 1. The van der Waals surface area contributed by atoms with Crippen molar-refractivity contribution in [1.82, 2.24) is 44.4 Å². The van der Waals surface area contributed by atoms with Crippen LogP contribution in [0.2, 0.25) is 0 Å². The molecule has 6 amide bonds. The maximum atomic E-state index is 13.5. The van der Waals surface area contributed by atoms with Gasteiger partial charge in [-0.15, -0.1) is 0 Å². The van der Waals surface area contributed by atoms with Crippen LogP contribution in [0.15, 0.2) is 55.4 Å². The summed E-state index contributed by atoms with van der Waals surface area (Å²) in [6.07, 6.45) is 0.497. The Kier molecular flexibility index (Phi) is 17.9. The van der Waals surface area contributed by atoms with Gasteiger partial charge in [0.25, 0.3) is 5.91 Å². The minimum Gasteiger partial charge on any atom is -0.477 e. The lowest BCUT2D eigenvalue weighted by atomic mass is 9.86. The smallest absolute Gasteiger partial charge is 0.353 e. The van der Waals surface area contributed by atoms with Crippen molar-refractivity contribution in [3.05, 3.63) is 78.1 Å². The Morgan fingerprint density at radius 3 is 1.67 bits per heavy atom. The Bertz CT molecular complexity index is 2190. The van der Waals surface area contributed by atoms with E-state index >= 15 is 0 Å². The van der Waals surface area contributed by atoms with E-state index in [2.05, 4.69) is 10.6 Å². The van der Waals surface area contributed by atoms with E-state index in [-0.39, 0.29) is 94.9 Å². The van der Waals surface area contributed by atoms with Crippen molar-refractivity contribution in [1.29, 1.82) is 0 Å². The fraction of sp³-hybridized carbons (Fsp3) is 0.538. The summed E-state index contributed by atoms with van der Waals surface area (Å²) in [6.45, 7) is 1.42. The number of carboxylic acid groups (broad SMARTS) is 1. The van der Waals surface area contributed by atoms with Crippen LogP contribution in [0.25, 0.3) is 0 Å². The van der Waals surface area contributed by atoms with Crippen LogP contribution in [0.3, 0.4) is 0 Å². The second-order valence-electron chi connectivity index (χ2n) is 15.0. The molecule has 3 atom stereocenters. The van der Waals surface area contributed by atoms with Gasteiger partial charge in [0, 0.05) is 71.0 Å². The van der Waals surface area contributed by atoms with Gasteiger partial charge in [0.05, 0.1) is 6.04 Å². The van der Waals surface area contributed by atoms with Gasteiger partial charge in [-0.25, -0.2) is 48.1 Å². The third kappa shape index (κ3) is 12.7. The number of unbranched alkanes of at least 4 members (excludes halogenated alkanes) is 3. The van der Waals surface area contributed by atoms with Gasteiger partial charge in [-0.3, -0.25) is 49.3 Å². The number of fused-ring (bicyclic) bond motifs is 1. The van der Waals surface area contributed by atoms with Gasteiger partial charge in [-0.1, -0.05) is 41.9 Å². The number of carbonyl (C=O) groups is 7. The maximum Gasteiger partial charge on any atom is 0.353 e. The molecule has 0 bridgehead atoms. The molecule has 1 saturated heterocycles. The lowest BCUT2D eigenvalue weighted by molar-refractivity contribution is -0.166. The van der Waals surface area contributed by atoms with E-state index in [1.807, 2.05) is 0 Å². The number of halogens is 1. The Balaban J connectivity index is 1.33. The van der Waals surface area contributed by atoms with E-state index in [9.17, 15) is 68.7 Å². The van der Waals surface area contributed by atoms with Crippen LogP contribution in [-0.4, -0.2) is 128 Å². The number of carbonyl (C=O) groups excluding carboxylic acids is 6. The molecule has 1 aromatic carbocycles. The number of allylic oxidation sites excluding steroid dienone is 1. The second kappa shape index (κ2) is 22.8. The highest BCUT2D eigenvalue weighted by atomic mass is 35.5. The molecule has 6 N–H and O–H groups in total. The van der Waals surface area contributed by atoms with Crippen molar-refractivity contribution >= 4 is 53.0 Å². The zero-order valence-electron chi connectivity index (χ0n) is 34.8. The van der Waals surface area contributed by atoms with Crippen LogP contribution in [0.4, 0.5) is 0 Å². The van der Waals surface area contributed by atoms with Crippen molar-refractivity contribution in [2.75, 3.05) is 19.6 Å². The van der Waals surface area contributed by atoms with E-state index in [1.54, 1.807) is 30.3 Å². The Morgan fingerprint density at radius 1 is 0.730 bits per heavy atom. The SMILES string of the molecule is CC(=O)N(O)CCCCn1c(=O)n(CCCCN(O)C(C)=O)c(=O)n(CCCCN(O)C(=O)CCC(=O)N[C@@H](C(=O)N[C@@H]2C(=O)N3C(C(=O)O)=C(Cl)CC[C@H]23)c2ccccc2)c1=O. The number of hydrogen-bond acceptors (Lipinski definition) is 13. The summed E-state index contributed by atoms with van der Waals surface area (Å²) in [7, 11) is 0. The van der Waals surface area contributed by atoms with Gasteiger partial charge in [0.2, 0.25) is 29.5 Å². The number of β-lactam (4-membered cyclic amide) rings is 1. The van der Waals surface area contributed by atoms with Crippen molar-refractivity contribution in [2.24, 2.45) is 0 Å². The molecular formula is C39H52ClN9O14. The highest BCUT2D eigenvalue weighted by Crippen LogP contribution is 2.38. The molecule has 2 aliphatic heterocycles. The number of aliphatic carboxylic acids is 1. The van der Waals surface area contributed by atoms with Crippen LogP contribution in [0, 0.1) is 0 Å². The van der Waals surface area contributed by atoms with Crippen LogP contribution in [0.5, 0.6) is 0 Å². The Morgan fingerprint density at radius 2 is 1.21 bits per heavy atom. The van der Waals surface area contributed by atoms with Gasteiger partial charge in [0.1, 0.15) is 17.8 Å². The molecular weight excluding hydrogens is 854 g/mol. The predicted molar refractivity (Wildman–Crippen MR) is 218 cm³/mol. The number of rotatable bonds is 23. The number of amides is 6. The first-order chi connectivity index (χ1) is 29.8. The van der Waals surface area contributed by atoms with E-state index < -0.39 is 89.4 Å². The predicted octanol–water partition coefficient (Wildman–Crippen LogP) is -0.132. The molecule has 0 unspecified atom stereocenters. The fourth-order valence-corrected chi connectivity index (χ4v) is 7.35. The third-order valence-electron chi connectivity index (χ3n) is 10.5. The molecule has 4 rings (SSSR count). The van der Waals surface area contributed by atoms with Gasteiger partial charge in [-0.05, 0) is 56.9 Å². The van der Waals surface area contributed by atoms with Gasteiger partial charge in [0.15, 0.2) is 0 Å². The molecule has 0 radical (unpaired) electrons. The summed E-state index contributed by atoms with van der Waals surface area (Å²) in [5.41, 5.74) is -2.71. The highest BCUT2D eigenvalue weighted by molar-refractivity contribution is 6.32. The van der Waals surface area contributed by atoms with Gasteiger partial charge >= 0.3 is 23.0 Å². The summed E-state index contributed by atoms with van der Waals surface area (Å²) in [5, 5.41) is 45.8. The lowest BCUT2D eigenvalue weighted by Crippen LogP contribution is -2.72. The van der Waals surface area contributed by atoms with E-state index in [0.717, 1.165) is 32.4 Å². The highest BCUT2D eigenvalue weighted by Gasteiger charge is 2.53. The largest absolute Gasteiger partial charge is 0.477 e. The van der Waals surface area contributed by atoms with E-state index in [0.29, 0.717) is 27.2 Å². The minimum absolute atomic E-state index is 0.0205. The zero-order chi connectivity index (χ0) is 46.5. The first kappa shape index (κ1) is 49.5. The van der Waals surface area contributed by atoms with Gasteiger partial charge in [-0.2, -0.15) is 0 Å².